The van der Waals surface area contributed by atoms with Gasteiger partial charge in [0.25, 0.3) is 0 Å². The Morgan fingerprint density at radius 2 is 2.04 bits per heavy atom. The number of aliphatic imine (C=N–C) groups is 1. The van der Waals surface area contributed by atoms with Crippen LogP contribution in [0, 0.1) is 17.8 Å². The summed E-state index contributed by atoms with van der Waals surface area (Å²) in [5.74, 6) is 4.61. The number of furan rings is 1. The van der Waals surface area contributed by atoms with Crippen molar-refractivity contribution in [2.75, 3.05) is 26.7 Å². The molecule has 2 saturated carbocycles. The highest BCUT2D eigenvalue weighted by Crippen LogP contribution is 2.48. The molecular formula is C18H30IN3O2. The van der Waals surface area contributed by atoms with Gasteiger partial charge in [-0.25, -0.2) is 0 Å². The van der Waals surface area contributed by atoms with Gasteiger partial charge in [-0.3, -0.25) is 4.99 Å². The number of hydrogen-bond donors (Lipinski definition) is 2. The lowest BCUT2D eigenvalue weighted by atomic mass is 9.98. The monoisotopic (exact) mass is 447 g/mol. The van der Waals surface area contributed by atoms with E-state index in [1.54, 1.807) is 6.26 Å². The second-order valence-electron chi connectivity index (χ2n) is 6.70. The predicted molar refractivity (Wildman–Crippen MR) is 107 cm³/mol. The molecule has 0 saturated heterocycles. The quantitative estimate of drug-likeness (QED) is 0.250. The predicted octanol–water partition coefficient (Wildman–Crippen LogP) is 3.41. The molecular weight excluding hydrogens is 417 g/mol. The van der Waals surface area contributed by atoms with Crippen LogP contribution in [-0.4, -0.2) is 32.7 Å². The molecule has 0 atom stereocenters. The fourth-order valence-corrected chi connectivity index (χ4v) is 3.15. The van der Waals surface area contributed by atoms with Crippen molar-refractivity contribution in [3.05, 3.63) is 24.2 Å². The number of ether oxygens (including phenoxy) is 1. The Morgan fingerprint density at radius 3 is 2.62 bits per heavy atom. The summed E-state index contributed by atoms with van der Waals surface area (Å²) in [6.45, 7) is 3.21. The summed E-state index contributed by atoms with van der Waals surface area (Å²) in [6, 6.07) is 3.81. The molecule has 3 rings (SSSR count). The van der Waals surface area contributed by atoms with E-state index in [1.807, 2.05) is 19.2 Å². The maximum Gasteiger partial charge on any atom is 0.190 e. The van der Waals surface area contributed by atoms with E-state index in [0.717, 1.165) is 55.6 Å². The lowest BCUT2D eigenvalue weighted by molar-refractivity contribution is 0.105. The molecule has 2 aliphatic carbocycles. The largest absolute Gasteiger partial charge is 0.467 e. The summed E-state index contributed by atoms with van der Waals surface area (Å²) in [4.78, 5) is 4.32. The Labute approximate surface area is 162 Å². The molecule has 5 nitrogen and oxygen atoms in total. The van der Waals surface area contributed by atoms with Crippen LogP contribution >= 0.6 is 24.0 Å². The SMILES string of the molecule is CN=C(NCCCOCc1ccco1)NCC(C1CC1)C1CC1.I. The molecule has 1 heterocycles. The van der Waals surface area contributed by atoms with Crippen LogP contribution in [0.1, 0.15) is 37.9 Å². The highest BCUT2D eigenvalue weighted by molar-refractivity contribution is 14.0. The van der Waals surface area contributed by atoms with Crippen molar-refractivity contribution in [1.82, 2.24) is 10.6 Å². The third kappa shape index (κ3) is 6.63. The van der Waals surface area contributed by atoms with Gasteiger partial charge in [-0.05, 0) is 62.0 Å². The first-order valence-electron chi connectivity index (χ1n) is 8.91. The van der Waals surface area contributed by atoms with Gasteiger partial charge in [0.2, 0.25) is 0 Å². The van der Waals surface area contributed by atoms with Crippen molar-refractivity contribution in [2.45, 2.75) is 38.7 Å². The minimum atomic E-state index is 0. The van der Waals surface area contributed by atoms with Crippen LogP contribution in [0.3, 0.4) is 0 Å². The maximum absolute atomic E-state index is 5.58. The average Bonchev–Trinajstić information content (AvgIpc) is 3.50. The Kier molecular flexibility index (Phi) is 8.38. The lowest BCUT2D eigenvalue weighted by Gasteiger charge is -2.18. The van der Waals surface area contributed by atoms with E-state index in [-0.39, 0.29) is 24.0 Å². The van der Waals surface area contributed by atoms with E-state index >= 15 is 0 Å². The van der Waals surface area contributed by atoms with Gasteiger partial charge in [0.05, 0.1) is 6.26 Å². The molecule has 6 heteroatoms. The van der Waals surface area contributed by atoms with Gasteiger partial charge in [0, 0.05) is 26.7 Å². The van der Waals surface area contributed by atoms with E-state index in [1.165, 1.54) is 25.7 Å². The number of nitrogens with one attached hydrogen (secondary N) is 2. The van der Waals surface area contributed by atoms with Gasteiger partial charge in [-0.1, -0.05) is 0 Å². The minimum Gasteiger partial charge on any atom is -0.467 e. The van der Waals surface area contributed by atoms with Gasteiger partial charge >= 0.3 is 0 Å². The zero-order chi connectivity index (χ0) is 15.9. The molecule has 0 aromatic carbocycles. The van der Waals surface area contributed by atoms with Crippen LogP contribution in [0.2, 0.25) is 0 Å². The standard InChI is InChI=1S/C18H29N3O2.HI/c1-19-18(21-12-17(14-5-6-14)15-7-8-15)20-9-3-10-22-13-16-4-2-11-23-16;/h2,4,11,14-15,17H,3,5-10,12-13H2,1H3,(H2,19,20,21);1H. The second kappa shape index (κ2) is 10.3. The van der Waals surface area contributed by atoms with E-state index in [0.29, 0.717) is 6.61 Å². The molecule has 0 unspecified atom stereocenters. The summed E-state index contributed by atoms with van der Waals surface area (Å²) in [5.41, 5.74) is 0. The van der Waals surface area contributed by atoms with Crippen molar-refractivity contribution in [3.63, 3.8) is 0 Å². The smallest absolute Gasteiger partial charge is 0.190 e. The molecule has 136 valence electrons. The Morgan fingerprint density at radius 1 is 1.29 bits per heavy atom. The van der Waals surface area contributed by atoms with E-state index < -0.39 is 0 Å². The van der Waals surface area contributed by atoms with Crippen molar-refractivity contribution < 1.29 is 9.15 Å². The third-order valence-electron chi connectivity index (χ3n) is 4.77. The summed E-state index contributed by atoms with van der Waals surface area (Å²) < 4.78 is 10.8. The molecule has 2 N–H and O–H groups in total. The average molecular weight is 447 g/mol. The van der Waals surface area contributed by atoms with E-state index in [4.69, 9.17) is 9.15 Å². The highest BCUT2D eigenvalue weighted by Gasteiger charge is 2.41. The fourth-order valence-electron chi connectivity index (χ4n) is 3.15. The maximum atomic E-state index is 5.58. The van der Waals surface area contributed by atoms with Crippen molar-refractivity contribution >= 4 is 29.9 Å². The van der Waals surface area contributed by atoms with E-state index in [2.05, 4.69) is 15.6 Å². The highest BCUT2D eigenvalue weighted by atomic mass is 127. The number of halogens is 1. The molecule has 2 fully saturated rings. The molecule has 0 bridgehead atoms. The summed E-state index contributed by atoms with van der Waals surface area (Å²) >= 11 is 0. The summed E-state index contributed by atoms with van der Waals surface area (Å²) in [7, 11) is 1.84. The third-order valence-corrected chi connectivity index (χ3v) is 4.77. The molecule has 0 amide bonds. The first kappa shape index (κ1) is 19.6. The number of nitrogens with zero attached hydrogens (tertiary/aromatic N) is 1. The second-order valence-corrected chi connectivity index (χ2v) is 6.70. The first-order chi connectivity index (χ1) is 11.4. The van der Waals surface area contributed by atoms with Crippen LogP contribution in [0.4, 0.5) is 0 Å². The van der Waals surface area contributed by atoms with Crippen LogP contribution in [0.5, 0.6) is 0 Å². The minimum absolute atomic E-state index is 0. The molecule has 1 aromatic rings. The van der Waals surface area contributed by atoms with Crippen LogP contribution in [0.25, 0.3) is 0 Å². The van der Waals surface area contributed by atoms with E-state index in [9.17, 15) is 0 Å². The summed E-state index contributed by atoms with van der Waals surface area (Å²) in [5, 5.41) is 6.88. The van der Waals surface area contributed by atoms with Crippen molar-refractivity contribution in [3.8, 4) is 0 Å². The molecule has 1 aromatic heterocycles. The topological polar surface area (TPSA) is 58.8 Å². The molecule has 0 aliphatic heterocycles. The Hall–Kier alpha value is -0.760. The van der Waals surface area contributed by atoms with Gasteiger partial charge < -0.3 is 19.8 Å². The molecule has 0 spiro atoms. The number of hydrogen-bond acceptors (Lipinski definition) is 3. The zero-order valence-electron chi connectivity index (χ0n) is 14.5. The molecule has 24 heavy (non-hydrogen) atoms. The van der Waals surface area contributed by atoms with Gasteiger partial charge in [0.15, 0.2) is 5.96 Å². The normalized spacial score (nSPS) is 17.7. The van der Waals surface area contributed by atoms with Crippen LogP contribution in [-0.2, 0) is 11.3 Å². The fraction of sp³-hybridized carbons (Fsp3) is 0.722. The van der Waals surface area contributed by atoms with Crippen LogP contribution < -0.4 is 10.6 Å². The van der Waals surface area contributed by atoms with Crippen LogP contribution in [0.15, 0.2) is 27.8 Å². The first-order valence-corrected chi connectivity index (χ1v) is 8.91. The number of rotatable bonds is 10. The van der Waals surface area contributed by atoms with Gasteiger partial charge in [0.1, 0.15) is 12.4 Å². The van der Waals surface area contributed by atoms with Crippen molar-refractivity contribution in [2.24, 2.45) is 22.7 Å². The van der Waals surface area contributed by atoms with Gasteiger partial charge in [-0.2, -0.15) is 0 Å². The summed E-state index contributed by atoms with van der Waals surface area (Å²) in [6.07, 6.45) is 8.36. The Bertz CT molecular complexity index is 472. The van der Waals surface area contributed by atoms with Gasteiger partial charge in [-0.15, -0.1) is 24.0 Å². The zero-order valence-corrected chi connectivity index (χ0v) is 16.8. The Balaban J connectivity index is 0.00000208. The van der Waals surface area contributed by atoms with Crippen molar-refractivity contribution in [1.29, 1.82) is 0 Å². The molecule has 2 aliphatic rings. The number of guanidine groups is 1. The lowest BCUT2D eigenvalue weighted by Crippen LogP contribution is -2.41. The molecule has 0 radical (unpaired) electrons.